The number of hydrogen-bond donors (Lipinski definition) is 1. The van der Waals surface area contributed by atoms with Gasteiger partial charge in [-0.05, 0) is 31.2 Å². The molecule has 3 heterocycles. The molecule has 1 amide bonds. The van der Waals surface area contributed by atoms with Gasteiger partial charge < -0.3 is 9.88 Å². The number of aromatic nitrogens is 6. The lowest BCUT2D eigenvalue weighted by molar-refractivity contribution is -0.122. The minimum Gasteiger partial charge on any atom is -0.353 e. The largest absolute Gasteiger partial charge is 0.353 e. The van der Waals surface area contributed by atoms with Gasteiger partial charge in [-0.2, -0.15) is 5.10 Å². The van der Waals surface area contributed by atoms with Crippen molar-refractivity contribution >= 4 is 5.91 Å². The lowest BCUT2D eigenvalue weighted by Gasteiger charge is -2.16. The highest BCUT2D eigenvalue weighted by Gasteiger charge is 2.21. The molecule has 8 heteroatoms. The second-order valence-corrected chi connectivity index (χ2v) is 7.52. The first-order valence-corrected chi connectivity index (χ1v) is 10.3. The SMILES string of the molecule is O=C(CCCn1cncn1)NC1CCc2nnc(CCc3ccccc3)n2CC1. The molecule has 1 aliphatic heterocycles. The van der Waals surface area contributed by atoms with E-state index in [0.29, 0.717) is 13.0 Å². The first-order valence-electron chi connectivity index (χ1n) is 10.3. The molecule has 0 bridgehead atoms. The van der Waals surface area contributed by atoms with Crippen LogP contribution >= 0.6 is 0 Å². The van der Waals surface area contributed by atoms with Gasteiger partial charge in [0.15, 0.2) is 0 Å². The molecule has 2 aromatic heterocycles. The van der Waals surface area contributed by atoms with Crippen LogP contribution in [0.15, 0.2) is 43.0 Å². The maximum absolute atomic E-state index is 12.3. The molecule has 29 heavy (non-hydrogen) atoms. The van der Waals surface area contributed by atoms with Crippen LogP contribution in [0.25, 0.3) is 0 Å². The zero-order valence-electron chi connectivity index (χ0n) is 16.6. The normalized spacial score (nSPS) is 16.2. The Morgan fingerprint density at radius 3 is 2.86 bits per heavy atom. The zero-order valence-corrected chi connectivity index (χ0v) is 16.6. The average molecular weight is 393 g/mol. The molecular weight excluding hydrogens is 366 g/mol. The number of aryl methyl sites for hydroxylation is 4. The molecule has 1 unspecified atom stereocenters. The van der Waals surface area contributed by atoms with Gasteiger partial charge in [0.25, 0.3) is 0 Å². The van der Waals surface area contributed by atoms with Gasteiger partial charge in [0.05, 0.1) is 0 Å². The van der Waals surface area contributed by atoms with E-state index in [1.165, 1.54) is 11.9 Å². The van der Waals surface area contributed by atoms with Crippen LogP contribution in [0.3, 0.4) is 0 Å². The highest BCUT2D eigenvalue weighted by molar-refractivity contribution is 5.76. The Hall–Kier alpha value is -3.03. The predicted molar refractivity (Wildman–Crippen MR) is 108 cm³/mol. The predicted octanol–water partition coefficient (Wildman–Crippen LogP) is 1.96. The Morgan fingerprint density at radius 1 is 1.14 bits per heavy atom. The number of carbonyl (C=O) groups excluding carboxylic acids is 1. The minimum atomic E-state index is 0.108. The molecule has 0 spiro atoms. The van der Waals surface area contributed by atoms with Crippen LogP contribution in [0.2, 0.25) is 0 Å². The highest BCUT2D eigenvalue weighted by Crippen LogP contribution is 2.17. The molecule has 152 valence electrons. The van der Waals surface area contributed by atoms with Gasteiger partial charge in [0, 0.05) is 38.4 Å². The topological polar surface area (TPSA) is 90.5 Å². The van der Waals surface area contributed by atoms with Crippen LogP contribution in [-0.4, -0.2) is 41.5 Å². The van der Waals surface area contributed by atoms with E-state index in [1.807, 2.05) is 6.07 Å². The summed E-state index contributed by atoms with van der Waals surface area (Å²) in [5.41, 5.74) is 1.31. The Morgan fingerprint density at radius 2 is 2.03 bits per heavy atom. The van der Waals surface area contributed by atoms with E-state index in [-0.39, 0.29) is 11.9 Å². The molecule has 0 radical (unpaired) electrons. The van der Waals surface area contributed by atoms with Crippen molar-refractivity contribution < 1.29 is 4.79 Å². The third-order valence-corrected chi connectivity index (χ3v) is 5.42. The summed E-state index contributed by atoms with van der Waals surface area (Å²) in [6.07, 6.45) is 8.97. The number of benzene rings is 1. The molecule has 1 N–H and O–H groups in total. The molecule has 1 aliphatic rings. The monoisotopic (exact) mass is 393 g/mol. The fourth-order valence-corrected chi connectivity index (χ4v) is 3.83. The van der Waals surface area contributed by atoms with Gasteiger partial charge >= 0.3 is 0 Å². The van der Waals surface area contributed by atoms with Crippen molar-refractivity contribution in [3.8, 4) is 0 Å². The van der Waals surface area contributed by atoms with Gasteiger partial charge in [-0.3, -0.25) is 9.48 Å². The Labute approximate surface area is 170 Å². The van der Waals surface area contributed by atoms with Crippen LogP contribution < -0.4 is 5.32 Å². The third kappa shape index (κ3) is 5.28. The van der Waals surface area contributed by atoms with Crippen molar-refractivity contribution in [2.24, 2.45) is 0 Å². The first-order chi connectivity index (χ1) is 14.3. The molecule has 0 aliphatic carbocycles. The van der Waals surface area contributed by atoms with E-state index in [2.05, 4.69) is 54.4 Å². The number of amides is 1. The van der Waals surface area contributed by atoms with Crippen LogP contribution in [-0.2, 0) is 37.1 Å². The van der Waals surface area contributed by atoms with Gasteiger partial charge in [0.2, 0.25) is 5.91 Å². The summed E-state index contributed by atoms with van der Waals surface area (Å²) in [5.74, 6) is 2.19. The van der Waals surface area contributed by atoms with Gasteiger partial charge in [-0.1, -0.05) is 30.3 Å². The summed E-state index contributed by atoms with van der Waals surface area (Å²) < 4.78 is 4.00. The maximum atomic E-state index is 12.3. The van der Waals surface area contributed by atoms with Crippen LogP contribution in [0.4, 0.5) is 0 Å². The van der Waals surface area contributed by atoms with Gasteiger partial charge in [-0.15, -0.1) is 10.2 Å². The molecule has 4 rings (SSSR count). The standard InChI is InChI=1S/C21H27N7O/c29-21(7-4-13-27-16-22-15-23-27)24-18-9-11-20-26-25-19(28(20)14-12-18)10-8-17-5-2-1-3-6-17/h1-3,5-6,15-16,18H,4,7-14H2,(H,24,29). The summed E-state index contributed by atoms with van der Waals surface area (Å²) in [4.78, 5) is 16.2. The molecule has 8 nitrogen and oxygen atoms in total. The zero-order chi connectivity index (χ0) is 19.9. The number of fused-ring (bicyclic) bond motifs is 1. The Kier molecular flexibility index (Phi) is 6.29. The second-order valence-electron chi connectivity index (χ2n) is 7.52. The Bertz CT molecular complexity index is 905. The quantitative estimate of drug-likeness (QED) is 0.632. The molecule has 1 atom stereocenters. The smallest absolute Gasteiger partial charge is 0.220 e. The van der Waals surface area contributed by atoms with Gasteiger partial charge in [0.1, 0.15) is 24.3 Å². The highest BCUT2D eigenvalue weighted by atomic mass is 16.1. The maximum Gasteiger partial charge on any atom is 0.220 e. The number of carbonyl (C=O) groups is 1. The number of nitrogens with one attached hydrogen (secondary N) is 1. The van der Waals surface area contributed by atoms with E-state index in [9.17, 15) is 4.79 Å². The minimum absolute atomic E-state index is 0.108. The van der Waals surface area contributed by atoms with E-state index < -0.39 is 0 Å². The van der Waals surface area contributed by atoms with Crippen molar-refractivity contribution in [3.05, 3.63) is 60.2 Å². The molecule has 1 aromatic carbocycles. The molecule has 0 saturated heterocycles. The number of nitrogens with zero attached hydrogens (tertiary/aromatic N) is 6. The van der Waals surface area contributed by atoms with Crippen molar-refractivity contribution in [1.29, 1.82) is 0 Å². The Balaban J connectivity index is 1.25. The summed E-state index contributed by atoms with van der Waals surface area (Å²) in [6.45, 7) is 1.57. The number of rotatable bonds is 8. The molecular formula is C21H27N7O. The van der Waals surface area contributed by atoms with Crippen molar-refractivity contribution in [3.63, 3.8) is 0 Å². The summed E-state index contributed by atoms with van der Waals surface area (Å²) in [5, 5.41) is 16.1. The second kappa shape index (κ2) is 9.45. The molecule has 3 aromatic rings. The summed E-state index contributed by atoms with van der Waals surface area (Å²) >= 11 is 0. The summed E-state index contributed by atoms with van der Waals surface area (Å²) in [7, 11) is 0. The van der Waals surface area contributed by atoms with Crippen LogP contribution in [0.1, 0.15) is 42.9 Å². The third-order valence-electron chi connectivity index (χ3n) is 5.42. The average Bonchev–Trinajstić information content (AvgIpc) is 3.35. The van der Waals surface area contributed by atoms with Gasteiger partial charge in [-0.25, -0.2) is 4.98 Å². The molecule has 0 saturated carbocycles. The van der Waals surface area contributed by atoms with E-state index in [1.54, 1.807) is 11.0 Å². The lowest BCUT2D eigenvalue weighted by atomic mass is 10.1. The van der Waals surface area contributed by atoms with Crippen molar-refractivity contribution in [2.45, 2.75) is 64.1 Å². The van der Waals surface area contributed by atoms with E-state index in [0.717, 1.165) is 56.7 Å². The summed E-state index contributed by atoms with van der Waals surface area (Å²) in [6, 6.07) is 10.7. The number of hydrogen-bond acceptors (Lipinski definition) is 5. The van der Waals surface area contributed by atoms with Crippen LogP contribution in [0, 0.1) is 0 Å². The first kappa shape index (κ1) is 19.3. The lowest BCUT2D eigenvalue weighted by Crippen LogP contribution is -2.35. The van der Waals surface area contributed by atoms with Crippen molar-refractivity contribution in [1.82, 2.24) is 34.8 Å². The molecule has 0 fully saturated rings. The fourth-order valence-electron chi connectivity index (χ4n) is 3.83. The fraction of sp³-hybridized carbons (Fsp3) is 0.476. The van der Waals surface area contributed by atoms with E-state index in [4.69, 9.17) is 0 Å². The van der Waals surface area contributed by atoms with E-state index >= 15 is 0 Å². The van der Waals surface area contributed by atoms with Crippen molar-refractivity contribution in [2.75, 3.05) is 0 Å². The van der Waals surface area contributed by atoms with Crippen LogP contribution in [0.5, 0.6) is 0 Å².